The maximum atomic E-state index is 13.7. The van der Waals surface area contributed by atoms with Crippen LogP contribution in [0.25, 0.3) is 11.1 Å². The molecular formula is C24H29N3O2S. The minimum Gasteiger partial charge on any atom is -0.439 e. The van der Waals surface area contributed by atoms with E-state index in [1.54, 1.807) is 18.0 Å². The SMILES string of the molecule is CCCSc1ncccc1C(=O)N(Cc1nc2cc(C)ccc2o1)C1CCCCC1. The number of rotatable bonds is 7. The number of amides is 1. The van der Waals surface area contributed by atoms with Crippen LogP contribution in [0.3, 0.4) is 0 Å². The van der Waals surface area contributed by atoms with Gasteiger partial charge < -0.3 is 9.32 Å². The zero-order valence-electron chi connectivity index (χ0n) is 17.8. The first-order valence-corrected chi connectivity index (χ1v) is 11.9. The number of carbonyl (C=O) groups excluding carboxylic acids is 1. The van der Waals surface area contributed by atoms with Gasteiger partial charge in [-0.1, -0.05) is 32.3 Å². The van der Waals surface area contributed by atoms with Crippen LogP contribution in [0.1, 0.15) is 67.3 Å². The highest BCUT2D eigenvalue weighted by molar-refractivity contribution is 7.99. The summed E-state index contributed by atoms with van der Waals surface area (Å²) >= 11 is 1.65. The number of thioether (sulfide) groups is 1. The van der Waals surface area contributed by atoms with Gasteiger partial charge in [-0.15, -0.1) is 11.8 Å². The molecule has 30 heavy (non-hydrogen) atoms. The lowest BCUT2D eigenvalue weighted by molar-refractivity contribution is 0.0588. The molecule has 1 fully saturated rings. The molecule has 0 unspecified atom stereocenters. The topological polar surface area (TPSA) is 59.2 Å². The summed E-state index contributed by atoms with van der Waals surface area (Å²) in [5, 5.41) is 0.818. The third-order valence-electron chi connectivity index (χ3n) is 5.61. The molecule has 1 amide bonds. The summed E-state index contributed by atoms with van der Waals surface area (Å²) in [6, 6.07) is 9.97. The number of fused-ring (bicyclic) bond motifs is 1. The van der Waals surface area contributed by atoms with Gasteiger partial charge in [-0.25, -0.2) is 9.97 Å². The van der Waals surface area contributed by atoms with Crippen molar-refractivity contribution in [1.29, 1.82) is 0 Å². The molecule has 0 radical (unpaired) electrons. The lowest BCUT2D eigenvalue weighted by Crippen LogP contribution is -2.41. The van der Waals surface area contributed by atoms with Crippen LogP contribution in [-0.2, 0) is 6.54 Å². The summed E-state index contributed by atoms with van der Waals surface area (Å²) < 4.78 is 6.00. The van der Waals surface area contributed by atoms with Crippen LogP contribution in [-0.4, -0.2) is 32.6 Å². The Hall–Kier alpha value is -2.34. The standard InChI is InChI=1S/C24H29N3O2S/c1-3-14-30-23-19(10-7-13-25-23)24(28)27(18-8-5-4-6-9-18)16-22-26-20-15-17(2)11-12-21(20)29-22/h7,10-13,15,18H,3-6,8-9,14,16H2,1-2H3. The quantitative estimate of drug-likeness (QED) is 0.436. The number of aryl methyl sites for hydroxylation is 1. The van der Waals surface area contributed by atoms with E-state index in [9.17, 15) is 4.79 Å². The first kappa shape index (κ1) is 20.9. The van der Waals surface area contributed by atoms with Gasteiger partial charge in [-0.3, -0.25) is 4.79 Å². The lowest BCUT2D eigenvalue weighted by Gasteiger charge is -2.34. The van der Waals surface area contributed by atoms with Gasteiger partial charge in [-0.05, 0) is 61.8 Å². The van der Waals surface area contributed by atoms with E-state index in [0.717, 1.165) is 59.5 Å². The van der Waals surface area contributed by atoms with E-state index in [4.69, 9.17) is 4.42 Å². The molecule has 2 aromatic heterocycles. The summed E-state index contributed by atoms with van der Waals surface area (Å²) in [6.45, 7) is 4.58. The number of aromatic nitrogens is 2. The molecule has 158 valence electrons. The van der Waals surface area contributed by atoms with Crippen molar-refractivity contribution in [3.8, 4) is 0 Å². The van der Waals surface area contributed by atoms with Gasteiger partial charge in [-0.2, -0.15) is 0 Å². The number of hydrogen-bond acceptors (Lipinski definition) is 5. The molecule has 0 bridgehead atoms. The Bertz CT molecular complexity index is 1010. The molecule has 1 aliphatic rings. The van der Waals surface area contributed by atoms with Crippen LogP contribution in [0.15, 0.2) is 46.0 Å². The molecule has 4 rings (SSSR count). The Morgan fingerprint density at radius 1 is 1.23 bits per heavy atom. The van der Waals surface area contributed by atoms with E-state index in [1.807, 2.05) is 42.2 Å². The molecule has 0 N–H and O–H groups in total. The maximum Gasteiger partial charge on any atom is 0.257 e. The van der Waals surface area contributed by atoms with Gasteiger partial charge in [0, 0.05) is 12.2 Å². The largest absolute Gasteiger partial charge is 0.439 e. The second-order valence-corrected chi connectivity index (χ2v) is 9.09. The summed E-state index contributed by atoms with van der Waals surface area (Å²) in [5.74, 6) is 1.58. The first-order valence-electron chi connectivity index (χ1n) is 10.9. The van der Waals surface area contributed by atoms with Crippen LogP contribution in [0.5, 0.6) is 0 Å². The molecule has 0 saturated heterocycles. The van der Waals surface area contributed by atoms with Crippen molar-refractivity contribution in [2.75, 3.05) is 5.75 Å². The minimum atomic E-state index is 0.0343. The van der Waals surface area contributed by atoms with E-state index < -0.39 is 0 Å². The number of carbonyl (C=O) groups is 1. The van der Waals surface area contributed by atoms with Crippen molar-refractivity contribution in [2.24, 2.45) is 0 Å². The van der Waals surface area contributed by atoms with Gasteiger partial charge in [0.05, 0.1) is 12.1 Å². The molecule has 0 spiro atoms. The van der Waals surface area contributed by atoms with E-state index in [0.29, 0.717) is 18.0 Å². The molecular weight excluding hydrogens is 394 g/mol. The molecule has 2 heterocycles. The Kier molecular flexibility index (Phi) is 6.72. The van der Waals surface area contributed by atoms with E-state index >= 15 is 0 Å². The van der Waals surface area contributed by atoms with Crippen molar-refractivity contribution < 1.29 is 9.21 Å². The first-order chi connectivity index (χ1) is 14.7. The number of oxazole rings is 1. The number of hydrogen-bond donors (Lipinski definition) is 0. The van der Waals surface area contributed by atoms with E-state index in [1.165, 1.54) is 6.42 Å². The van der Waals surface area contributed by atoms with Crippen LogP contribution in [0.2, 0.25) is 0 Å². The molecule has 6 heteroatoms. The predicted molar refractivity (Wildman–Crippen MR) is 121 cm³/mol. The second kappa shape index (κ2) is 9.65. The zero-order chi connectivity index (χ0) is 20.9. The van der Waals surface area contributed by atoms with Crippen molar-refractivity contribution in [3.63, 3.8) is 0 Å². The highest BCUT2D eigenvalue weighted by Crippen LogP contribution is 2.29. The monoisotopic (exact) mass is 423 g/mol. The summed E-state index contributed by atoms with van der Waals surface area (Å²) in [7, 11) is 0. The van der Waals surface area contributed by atoms with Crippen molar-refractivity contribution >= 4 is 28.8 Å². The normalized spacial score (nSPS) is 14.9. The highest BCUT2D eigenvalue weighted by Gasteiger charge is 2.29. The summed E-state index contributed by atoms with van der Waals surface area (Å²) in [6.07, 6.45) is 8.43. The minimum absolute atomic E-state index is 0.0343. The number of benzene rings is 1. The second-order valence-electron chi connectivity index (χ2n) is 8.01. The fourth-order valence-corrected chi connectivity index (χ4v) is 4.92. The molecule has 0 atom stereocenters. The predicted octanol–water partition coefficient (Wildman–Crippen LogP) is 6.01. The van der Waals surface area contributed by atoms with Crippen LogP contribution < -0.4 is 0 Å². The number of nitrogens with zero attached hydrogens (tertiary/aromatic N) is 3. The van der Waals surface area contributed by atoms with Crippen LogP contribution in [0.4, 0.5) is 0 Å². The van der Waals surface area contributed by atoms with E-state index in [2.05, 4.69) is 16.9 Å². The fourth-order valence-electron chi connectivity index (χ4n) is 4.08. The summed E-state index contributed by atoms with van der Waals surface area (Å²) in [5.41, 5.74) is 3.46. The molecule has 0 aliphatic heterocycles. The van der Waals surface area contributed by atoms with Gasteiger partial charge in [0.25, 0.3) is 5.91 Å². The Morgan fingerprint density at radius 3 is 2.87 bits per heavy atom. The maximum absolute atomic E-state index is 13.7. The third-order valence-corrected chi connectivity index (χ3v) is 6.82. The number of pyridine rings is 1. The van der Waals surface area contributed by atoms with Gasteiger partial charge in [0.2, 0.25) is 5.89 Å². The Morgan fingerprint density at radius 2 is 2.07 bits per heavy atom. The van der Waals surface area contributed by atoms with E-state index in [-0.39, 0.29) is 11.9 Å². The van der Waals surface area contributed by atoms with Crippen LogP contribution >= 0.6 is 11.8 Å². The van der Waals surface area contributed by atoms with Crippen molar-refractivity contribution in [1.82, 2.24) is 14.9 Å². The molecule has 1 aromatic carbocycles. The van der Waals surface area contributed by atoms with Crippen LogP contribution in [0, 0.1) is 6.92 Å². The van der Waals surface area contributed by atoms with Gasteiger partial charge in [0.15, 0.2) is 5.58 Å². The molecule has 5 nitrogen and oxygen atoms in total. The molecule has 1 saturated carbocycles. The highest BCUT2D eigenvalue weighted by atomic mass is 32.2. The average molecular weight is 424 g/mol. The molecule has 3 aromatic rings. The average Bonchev–Trinajstić information content (AvgIpc) is 3.18. The summed E-state index contributed by atoms with van der Waals surface area (Å²) in [4.78, 5) is 24.8. The van der Waals surface area contributed by atoms with Crippen molar-refractivity contribution in [3.05, 3.63) is 53.5 Å². The Balaban J connectivity index is 1.64. The smallest absolute Gasteiger partial charge is 0.257 e. The molecule has 1 aliphatic carbocycles. The lowest BCUT2D eigenvalue weighted by atomic mass is 9.93. The third kappa shape index (κ3) is 4.69. The fraction of sp³-hybridized carbons (Fsp3) is 0.458. The Labute approximate surface area is 182 Å². The van der Waals surface area contributed by atoms with Crippen molar-refractivity contribution in [2.45, 2.75) is 70.0 Å². The van der Waals surface area contributed by atoms with Gasteiger partial charge >= 0.3 is 0 Å². The van der Waals surface area contributed by atoms with Gasteiger partial charge in [0.1, 0.15) is 10.5 Å². The zero-order valence-corrected chi connectivity index (χ0v) is 18.6.